The van der Waals surface area contributed by atoms with Crippen LogP contribution in [0.1, 0.15) is 17.2 Å². The summed E-state index contributed by atoms with van der Waals surface area (Å²) in [7, 11) is 0. The number of hydrogen-bond donors (Lipinski definition) is 1. The minimum Gasteiger partial charge on any atom is -0.338 e. The summed E-state index contributed by atoms with van der Waals surface area (Å²) in [6.07, 6.45) is 7.04. The Balaban J connectivity index is 1.74. The highest BCUT2D eigenvalue weighted by atomic mass is 15.0. The fourth-order valence-corrected chi connectivity index (χ4v) is 1.85. The van der Waals surface area contributed by atoms with Crippen LogP contribution in [0.4, 0.5) is 0 Å². The number of aromatic amines is 1. The molecule has 100 valence electrons. The standard InChI is InChI=1S/C17H12N4/c1-2-6-15(7-3-1)14-21-13-12-20-17(21)9-5-4-8-16-18-10-11-19-16/h1-3,6-7,10-13H,14H2,(H,18,19). The van der Waals surface area contributed by atoms with E-state index in [4.69, 9.17) is 0 Å². The first kappa shape index (κ1) is 12.8. The van der Waals surface area contributed by atoms with E-state index < -0.39 is 0 Å². The average molecular weight is 272 g/mol. The first-order valence-electron chi connectivity index (χ1n) is 6.48. The van der Waals surface area contributed by atoms with Gasteiger partial charge in [-0.05, 0) is 29.2 Å². The van der Waals surface area contributed by atoms with Crippen LogP contribution >= 0.6 is 0 Å². The van der Waals surface area contributed by atoms with Crippen LogP contribution in [0.3, 0.4) is 0 Å². The fourth-order valence-electron chi connectivity index (χ4n) is 1.85. The van der Waals surface area contributed by atoms with Gasteiger partial charge in [0.05, 0.1) is 0 Å². The van der Waals surface area contributed by atoms with Gasteiger partial charge < -0.3 is 9.55 Å². The van der Waals surface area contributed by atoms with E-state index in [0.717, 1.165) is 6.54 Å². The SMILES string of the molecule is C(C#Cc1nccn1Cc1ccccc1)#Cc1ncc[nH]1. The van der Waals surface area contributed by atoms with Gasteiger partial charge in [0.25, 0.3) is 0 Å². The van der Waals surface area contributed by atoms with Crippen LogP contribution in [0.5, 0.6) is 0 Å². The van der Waals surface area contributed by atoms with Gasteiger partial charge in [0, 0.05) is 31.3 Å². The molecule has 0 fully saturated rings. The largest absolute Gasteiger partial charge is 0.338 e. The Morgan fingerprint density at radius 1 is 1.00 bits per heavy atom. The van der Waals surface area contributed by atoms with Crippen LogP contribution in [0.25, 0.3) is 0 Å². The second kappa shape index (κ2) is 6.27. The summed E-state index contributed by atoms with van der Waals surface area (Å²) in [5, 5.41) is 0. The van der Waals surface area contributed by atoms with E-state index in [1.807, 2.05) is 29.0 Å². The maximum atomic E-state index is 4.25. The summed E-state index contributed by atoms with van der Waals surface area (Å²) in [5.74, 6) is 12.7. The fraction of sp³-hybridized carbons (Fsp3) is 0.0588. The van der Waals surface area contributed by atoms with E-state index in [-0.39, 0.29) is 0 Å². The molecule has 0 saturated carbocycles. The first-order chi connectivity index (χ1) is 10.4. The monoisotopic (exact) mass is 272 g/mol. The second-order valence-electron chi connectivity index (χ2n) is 4.30. The van der Waals surface area contributed by atoms with Gasteiger partial charge in [-0.25, -0.2) is 9.97 Å². The molecule has 1 N–H and O–H groups in total. The topological polar surface area (TPSA) is 46.5 Å². The highest BCUT2D eigenvalue weighted by Gasteiger charge is 1.99. The van der Waals surface area contributed by atoms with Gasteiger partial charge in [-0.2, -0.15) is 0 Å². The molecule has 2 aromatic heterocycles. The van der Waals surface area contributed by atoms with Crippen LogP contribution in [-0.4, -0.2) is 19.5 Å². The van der Waals surface area contributed by atoms with Crippen LogP contribution in [-0.2, 0) is 6.54 Å². The van der Waals surface area contributed by atoms with E-state index >= 15 is 0 Å². The molecular formula is C17H12N4. The van der Waals surface area contributed by atoms with Crippen LogP contribution in [0, 0.1) is 23.7 Å². The molecule has 0 aliphatic carbocycles. The van der Waals surface area contributed by atoms with Gasteiger partial charge in [-0.3, -0.25) is 0 Å². The van der Waals surface area contributed by atoms with Gasteiger partial charge in [0.2, 0.25) is 0 Å². The molecule has 4 nitrogen and oxygen atoms in total. The van der Waals surface area contributed by atoms with Crippen molar-refractivity contribution in [1.82, 2.24) is 19.5 Å². The Morgan fingerprint density at radius 2 is 1.86 bits per heavy atom. The molecule has 4 heteroatoms. The molecule has 21 heavy (non-hydrogen) atoms. The van der Waals surface area contributed by atoms with Crippen LogP contribution in [0.2, 0.25) is 0 Å². The summed E-state index contributed by atoms with van der Waals surface area (Å²) in [5.41, 5.74) is 1.21. The number of hydrogen-bond acceptors (Lipinski definition) is 2. The van der Waals surface area contributed by atoms with Gasteiger partial charge in [0.1, 0.15) is 0 Å². The Bertz CT molecular complexity index is 822. The van der Waals surface area contributed by atoms with Crippen molar-refractivity contribution in [1.29, 1.82) is 0 Å². The Labute approximate surface area is 122 Å². The summed E-state index contributed by atoms with van der Waals surface area (Å²) < 4.78 is 2.00. The zero-order valence-corrected chi connectivity index (χ0v) is 11.2. The molecule has 0 aliphatic rings. The maximum Gasteiger partial charge on any atom is 0.186 e. The summed E-state index contributed by atoms with van der Waals surface area (Å²) >= 11 is 0. The molecule has 0 radical (unpaired) electrons. The number of aromatic nitrogens is 4. The number of H-pyrrole nitrogens is 1. The van der Waals surface area contributed by atoms with Gasteiger partial charge >= 0.3 is 0 Å². The number of nitrogens with zero attached hydrogens (tertiary/aromatic N) is 3. The predicted molar refractivity (Wildman–Crippen MR) is 80.1 cm³/mol. The molecule has 0 amide bonds. The lowest BCUT2D eigenvalue weighted by Crippen LogP contribution is -2.01. The lowest BCUT2D eigenvalue weighted by molar-refractivity contribution is 0.784. The molecule has 0 aliphatic heterocycles. The molecule has 3 rings (SSSR count). The minimum absolute atomic E-state index is 0.608. The van der Waals surface area contributed by atoms with Crippen molar-refractivity contribution in [2.24, 2.45) is 0 Å². The zero-order valence-electron chi connectivity index (χ0n) is 11.2. The number of imidazole rings is 2. The molecule has 0 saturated heterocycles. The summed E-state index contributed by atoms with van der Waals surface area (Å²) in [4.78, 5) is 11.2. The molecule has 1 aromatic carbocycles. The smallest absolute Gasteiger partial charge is 0.186 e. The highest BCUT2D eigenvalue weighted by Crippen LogP contribution is 2.04. The lowest BCUT2D eigenvalue weighted by atomic mass is 10.2. The van der Waals surface area contributed by atoms with Gasteiger partial charge in [-0.1, -0.05) is 30.3 Å². The minimum atomic E-state index is 0.608. The van der Waals surface area contributed by atoms with E-state index in [1.165, 1.54) is 5.56 Å². The Hall–Kier alpha value is -3.24. The molecule has 0 unspecified atom stereocenters. The number of nitrogens with one attached hydrogen (secondary N) is 1. The van der Waals surface area contributed by atoms with Gasteiger partial charge in [-0.15, -0.1) is 0 Å². The molecular weight excluding hydrogens is 260 g/mol. The summed E-state index contributed by atoms with van der Waals surface area (Å²) in [6.45, 7) is 0.746. The molecule has 0 atom stereocenters. The van der Waals surface area contributed by atoms with Crippen molar-refractivity contribution in [3.8, 4) is 23.7 Å². The third-order valence-electron chi connectivity index (χ3n) is 2.83. The second-order valence-corrected chi connectivity index (χ2v) is 4.30. The van der Waals surface area contributed by atoms with E-state index in [0.29, 0.717) is 11.6 Å². The molecule has 0 bridgehead atoms. The van der Waals surface area contributed by atoms with Crippen LogP contribution < -0.4 is 0 Å². The Kier molecular flexibility index (Phi) is 3.82. The van der Waals surface area contributed by atoms with Gasteiger partial charge in [0.15, 0.2) is 11.6 Å². The third-order valence-corrected chi connectivity index (χ3v) is 2.83. The molecule has 3 aromatic rings. The highest BCUT2D eigenvalue weighted by molar-refractivity contribution is 5.37. The van der Waals surface area contributed by atoms with Crippen molar-refractivity contribution >= 4 is 0 Å². The van der Waals surface area contributed by atoms with Crippen molar-refractivity contribution in [3.05, 3.63) is 72.3 Å². The van der Waals surface area contributed by atoms with E-state index in [9.17, 15) is 0 Å². The normalized spacial score (nSPS) is 9.33. The van der Waals surface area contributed by atoms with Crippen LogP contribution in [0.15, 0.2) is 55.1 Å². The van der Waals surface area contributed by atoms with Crippen molar-refractivity contribution < 1.29 is 0 Å². The zero-order chi connectivity index (χ0) is 14.3. The molecule has 2 heterocycles. The predicted octanol–water partition coefficient (Wildman–Crippen LogP) is 2.06. The van der Waals surface area contributed by atoms with Crippen molar-refractivity contribution in [3.63, 3.8) is 0 Å². The summed E-state index contributed by atoms with van der Waals surface area (Å²) in [6, 6.07) is 10.2. The van der Waals surface area contributed by atoms with Crippen molar-refractivity contribution in [2.45, 2.75) is 6.54 Å². The molecule has 0 spiro atoms. The Morgan fingerprint density at radius 3 is 2.67 bits per heavy atom. The average Bonchev–Trinajstić information content (AvgIpc) is 3.17. The van der Waals surface area contributed by atoms with E-state index in [2.05, 4.69) is 50.8 Å². The quantitative estimate of drug-likeness (QED) is 0.726. The van der Waals surface area contributed by atoms with Crippen molar-refractivity contribution in [2.75, 3.05) is 0 Å². The number of benzene rings is 1. The maximum absolute atomic E-state index is 4.25. The third kappa shape index (κ3) is 3.40. The first-order valence-corrected chi connectivity index (χ1v) is 6.48. The lowest BCUT2D eigenvalue weighted by Gasteiger charge is -2.03. The van der Waals surface area contributed by atoms with E-state index in [1.54, 1.807) is 18.6 Å². The number of rotatable bonds is 2.